The fourth-order valence-electron chi connectivity index (χ4n) is 1.02. The average Bonchev–Trinajstić information content (AvgIpc) is 2.03. The van der Waals surface area contributed by atoms with Crippen molar-refractivity contribution in [3.05, 3.63) is 36.3 Å². The van der Waals surface area contributed by atoms with Gasteiger partial charge in [-0.15, -0.1) is 0 Å². The minimum Gasteiger partial charge on any atom is -0.516 e. The molecule has 0 aliphatic heterocycles. The van der Waals surface area contributed by atoms with Gasteiger partial charge in [-0.3, -0.25) is 4.79 Å². The minimum absolute atomic E-state index is 0.0561. The topological polar surface area (TPSA) is 57.5 Å². The molecule has 1 unspecified atom stereocenters. The number of carbonyl (C=O) groups excluding carboxylic acids is 1. The number of ketones is 1. The van der Waals surface area contributed by atoms with Crippen molar-refractivity contribution in [2.75, 3.05) is 0 Å². The maximum Gasteiger partial charge on any atom is 0.181 e. The molecule has 0 aromatic heterocycles. The first-order valence-electron chi connectivity index (χ1n) is 3.66. The van der Waals surface area contributed by atoms with E-state index < -0.39 is 0 Å². The highest BCUT2D eigenvalue weighted by molar-refractivity contribution is 6.00. The molecule has 1 atom stereocenters. The molecule has 0 bridgehead atoms. The van der Waals surface area contributed by atoms with Crippen LogP contribution in [-0.2, 0) is 4.79 Å². The second-order valence-electron chi connectivity index (χ2n) is 2.56. The molecule has 3 nitrogen and oxygen atoms in total. The summed E-state index contributed by atoms with van der Waals surface area (Å²) < 4.78 is 0. The first kappa shape index (κ1) is 8.59. The molecule has 0 saturated heterocycles. The quantitative estimate of drug-likeness (QED) is 0.613. The molecule has 3 heteroatoms. The molecule has 12 heavy (non-hydrogen) atoms. The van der Waals surface area contributed by atoms with Gasteiger partial charge in [-0.05, 0) is 18.6 Å². The second kappa shape index (κ2) is 3.76. The van der Waals surface area contributed by atoms with Crippen molar-refractivity contribution in [1.29, 1.82) is 0 Å². The molecule has 0 heterocycles. The van der Waals surface area contributed by atoms with Gasteiger partial charge in [0.1, 0.15) is 5.76 Å². The molecule has 1 rings (SSSR count). The van der Waals surface area contributed by atoms with E-state index in [2.05, 4.69) is 0 Å². The van der Waals surface area contributed by atoms with Crippen molar-refractivity contribution >= 4 is 5.78 Å². The summed E-state index contributed by atoms with van der Waals surface area (Å²) in [6.45, 7) is 0. The number of aliphatic hydroxyl groups is 2. The van der Waals surface area contributed by atoms with Crippen molar-refractivity contribution in [3.63, 3.8) is 0 Å². The van der Waals surface area contributed by atoms with Crippen LogP contribution in [0.4, 0.5) is 0 Å². The summed E-state index contributed by atoms with van der Waals surface area (Å²) in [5.41, 5.74) is 0. The summed E-state index contributed by atoms with van der Waals surface area (Å²) in [5, 5.41) is 17.6. The average molecular weight is 166 g/mol. The zero-order valence-electron chi connectivity index (χ0n) is 6.47. The van der Waals surface area contributed by atoms with Crippen LogP contribution in [0.15, 0.2) is 36.3 Å². The summed E-state index contributed by atoms with van der Waals surface area (Å²) in [6, 6.07) is 0. The van der Waals surface area contributed by atoms with Crippen LogP contribution in [-0.4, -0.2) is 16.0 Å². The van der Waals surface area contributed by atoms with E-state index in [4.69, 9.17) is 5.11 Å². The molecule has 0 radical (unpaired) electrons. The molecule has 0 amide bonds. The summed E-state index contributed by atoms with van der Waals surface area (Å²) in [6.07, 6.45) is 7.18. The number of aliphatic hydroxyl groups excluding tert-OH is 2. The second-order valence-corrected chi connectivity index (χ2v) is 2.56. The predicted octanol–water partition coefficient (Wildman–Crippen LogP) is 1.65. The maximum atomic E-state index is 10.7. The highest BCUT2D eigenvalue weighted by Crippen LogP contribution is 2.18. The number of hydrogen-bond donors (Lipinski definition) is 2. The zero-order chi connectivity index (χ0) is 8.97. The Morgan fingerprint density at radius 2 is 2.33 bits per heavy atom. The molecule has 0 aromatic rings. The molecule has 0 fully saturated rings. The third-order valence-electron chi connectivity index (χ3n) is 1.66. The van der Waals surface area contributed by atoms with Crippen molar-refractivity contribution in [1.82, 2.24) is 0 Å². The van der Waals surface area contributed by atoms with E-state index in [1.54, 1.807) is 6.08 Å². The third-order valence-corrected chi connectivity index (χ3v) is 1.66. The minimum atomic E-state index is -0.197. The lowest BCUT2D eigenvalue weighted by Gasteiger charge is -2.11. The first-order chi connectivity index (χ1) is 5.74. The molecule has 1 aliphatic carbocycles. The molecular weight excluding hydrogens is 156 g/mol. The number of allylic oxidation sites excluding steroid dienone is 4. The summed E-state index contributed by atoms with van der Waals surface area (Å²) in [5.74, 6) is -0.316. The lowest BCUT2D eigenvalue weighted by molar-refractivity contribution is -0.110. The van der Waals surface area contributed by atoms with Gasteiger partial charge in [0.2, 0.25) is 0 Å². The van der Waals surface area contributed by atoms with Gasteiger partial charge in [0, 0.05) is 12.0 Å². The Morgan fingerprint density at radius 3 is 2.92 bits per heavy atom. The molecule has 0 aromatic carbocycles. The number of hydrogen-bond acceptors (Lipinski definition) is 3. The smallest absolute Gasteiger partial charge is 0.181 e. The van der Waals surface area contributed by atoms with Crippen LogP contribution in [0, 0.1) is 5.92 Å². The monoisotopic (exact) mass is 166 g/mol. The van der Waals surface area contributed by atoms with E-state index in [-0.39, 0.29) is 17.5 Å². The lowest BCUT2D eigenvalue weighted by Crippen LogP contribution is -2.07. The molecule has 0 spiro atoms. The Morgan fingerprint density at radius 1 is 1.58 bits per heavy atom. The highest BCUT2D eigenvalue weighted by Gasteiger charge is 2.13. The van der Waals surface area contributed by atoms with E-state index >= 15 is 0 Å². The molecule has 2 N–H and O–H groups in total. The van der Waals surface area contributed by atoms with Gasteiger partial charge in [-0.1, -0.05) is 6.08 Å². The fraction of sp³-hybridized carbons (Fsp3) is 0.222. The van der Waals surface area contributed by atoms with E-state index in [0.29, 0.717) is 6.42 Å². The van der Waals surface area contributed by atoms with Crippen LogP contribution in [0.3, 0.4) is 0 Å². The Kier molecular flexibility index (Phi) is 2.69. The van der Waals surface area contributed by atoms with Crippen molar-refractivity contribution in [2.45, 2.75) is 6.42 Å². The Hall–Kier alpha value is -1.51. The van der Waals surface area contributed by atoms with Crippen molar-refractivity contribution in [3.8, 4) is 0 Å². The van der Waals surface area contributed by atoms with Gasteiger partial charge in [0.25, 0.3) is 0 Å². The Labute approximate surface area is 70.3 Å². The van der Waals surface area contributed by atoms with E-state index in [1.807, 2.05) is 0 Å². The van der Waals surface area contributed by atoms with Crippen LogP contribution in [0.1, 0.15) is 6.42 Å². The normalized spacial score (nSPS) is 23.2. The molecule has 0 saturated carbocycles. The standard InChI is InChI=1S/C9H10O3/c10-5-1-2-7-3-4-8(11)6-9(7)12/h1,3-7,10,12H,2H2. The van der Waals surface area contributed by atoms with Crippen molar-refractivity contribution < 1.29 is 15.0 Å². The van der Waals surface area contributed by atoms with Gasteiger partial charge >= 0.3 is 0 Å². The van der Waals surface area contributed by atoms with Crippen molar-refractivity contribution in [2.24, 2.45) is 5.92 Å². The van der Waals surface area contributed by atoms with Crippen LogP contribution in [0.25, 0.3) is 0 Å². The van der Waals surface area contributed by atoms with Crippen LogP contribution >= 0.6 is 0 Å². The van der Waals surface area contributed by atoms with Gasteiger partial charge < -0.3 is 10.2 Å². The van der Waals surface area contributed by atoms with Gasteiger partial charge in [0.05, 0.1) is 6.26 Å². The van der Waals surface area contributed by atoms with Crippen LogP contribution in [0.5, 0.6) is 0 Å². The Bertz CT molecular complexity index is 261. The molecule has 1 aliphatic rings. The van der Waals surface area contributed by atoms with Gasteiger partial charge in [-0.2, -0.15) is 0 Å². The van der Waals surface area contributed by atoms with E-state index in [0.717, 1.165) is 6.26 Å². The van der Waals surface area contributed by atoms with Gasteiger partial charge in [-0.25, -0.2) is 0 Å². The van der Waals surface area contributed by atoms with Gasteiger partial charge in [0.15, 0.2) is 5.78 Å². The Balaban J connectivity index is 2.62. The third kappa shape index (κ3) is 1.99. The fourth-order valence-corrected chi connectivity index (χ4v) is 1.02. The summed E-state index contributed by atoms with van der Waals surface area (Å²) in [7, 11) is 0. The van der Waals surface area contributed by atoms with E-state index in [9.17, 15) is 9.90 Å². The summed E-state index contributed by atoms with van der Waals surface area (Å²) in [4.78, 5) is 10.7. The zero-order valence-corrected chi connectivity index (χ0v) is 6.47. The lowest BCUT2D eigenvalue weighted by atomic mass is 9.97. The number of rotatable bonds is 2. The first-order valence-corrected chi connectivity index (χ1v) is 3.66. The molecular formula is C9H10O3. The van der Waals surface area contributed by atoms with Crippen LogP contribution in [0.2, 0.25) is 0 Å². The molecule has 64 valence electrons. The maximum absolute atomic E-state index is 10.7. The largest absolute Gasteiger partial charge is 0.516 e. The SMILES string of the molecule is O=C1C=CC(CC=CO)C(O)=C1. The predicted molar refractivity (Wildman–Crippen MR) is 44.7 cm³/mol. The highest BCUT2D eigenvalue weighted by atomic mass is 16.3. The van der Waals surface area contributed by atoms with Crippen LogP contribution < -0.4 is 0 Å². The van der Waals surface area contributed by atoms with E-state index in [1.165, 1.54) is 18.2 Å². The number of carbonyl (C=O) groups is 1. The summed E-state index contributed by atoms with van der Waals surface area (Å²) >= 11 is 0.